The summed E-state index contributed by atoms with van der Waals surface area (Å²) in [5.41, 5.74) is -2.40. The molecular weight excluding hydrogens is 537 g/mol. The number of oxime groups is 1. The monoisotopic (exact) mass is 550 g/mol. The van der Waals surface area contributed by atoms with Gasteiger partial charge >= 0.3 is 12.4 Å². The number of thiophene rings is 1. The van der Waals surface area contributed by atoms with Gasteiger partial charge in [-0.1, -0.05) is 28.4 Å². The summed E-state index contributed by atoms with van der Waals surface area (Å²) in [4.78, 5) is 17.0. The highest BCUT2D eigenvalue weighted by atomic mass is 35.5. The number of carbonyl (C=O) groups is 1. The number of benzene rings is 1. The second-order valence-corrected chi connectivity index (χ2v) is 10.2. The van der Waals surface area contributed by atoms with Crippen molar-refractivity contribution in [3.8, 4) is 0 Å². The van der Waals surface area contributed by atoms with Crippen molar-refractivity contribution in [2.75, 3.05) is 12.3 Å². The lowest BCUT2D eigenvalue weighted by Crippen LogP contribution is -2.42. The molecule has 3 rings (SSSR count). The molecule has 1 aromatic carbocycles. The first kappa shape index (κ1) is 26.0. The Bertz CT molecular complexity index is 1070. The smallest absolute Gasteiger partial charge is 0.374 e. The number of hydrogen-bond donors (Lipinski definition) is 1. The number of alkyl halides is 6. The van der Waals surface area contributed by atoms with Crippen LogP contribution in [0.5, 0.6) is 0 Å². The van der Waals surface area contributed by atoms with Crippen LogP contribution < -0.4 is 5.32 Å². The average molecular weight is 551 g/mol. The third-order valence-corrected chi connectivity index (χ3v) is 7.60. The Labute approximate surface area is 202 Å². The molecule has 2 aromatic rings. The molecule has 0 saturated heterocycles. The summed E-state index contributed by atoms with van der Waals surface area (Å²) in [5, 5.41) is 5.45. The van der Waals surface area contributed by atoms with E-state index < -0.39 is 36.8 Å². The molecule has 14 heteroatoms. The Morgan fingerprint density at radius 1 is 1.18 bits per heavy atom. The molecule has 33 heavy (non-hydrogen) atoms. The minimum absolute atomic E-state index is 0.00706. The van der Waals surface area contributed by atoms with E-state index in [1.54, 1.807) is 18.3 Å². The van der Waals surface area contributed by atoms with E-state index in [1.165, 1.54) is 6.07 Å². The number of nitrogens with one attached hydrogen (secondary N) is 1. The van der Waals surface area contributed by atoms with Crippen LogP contribution in [0.15, 0.2) is 33.6 Å². The van der Waals surface area contributed by atoms with Crippen molar-refractivity contribution < 1.29 is 36.0 Å². The lowest BCUT2D eigenvalue weighted by atomic mass is 9.88. The van der Waals surface area contributed by atoms with E-state index >= 15 is 0 Å². The van der Waals surface area contributed by atoms with E-state index in [9.17, 15) is 31.1 Å². The Kier molecular flexibility index (Phi) is 7.52. The zero-order chi connectivity index (χ0) is 24.6. The summed E-state index contributed by atoms with van der Waals surface area (Å²) < 4.78 is 79.4. The average Bonchev–Trinajstić information content (AvgIpc) is 3.28. The zero-order valence-electron chi connectivity index (χ0n) is 16.5. The molecule has 0 radical (unpaired) electrons. The van der Waals surface area contributed by atoms with Crippen LogP contribution in [0, 0.1) is 6.92 Å². The van der Waals surface area contributed by atoms with Crippen molar-refractivity contribution >= 4 is 57.9 Å². The fourth-order valence-corrected chi connectivity index (χ4v) is 5.70. The van der Waals surface area contributed by atoms with E-state index in [2.05, 4.69) is 5.16 Å². The first-order valence-corrected chi connectivity index (χ1v) is 11.6. The van der Waals surface area contributed by atoms with Crippen LogP contribution in [0.25, 0.3) is 0 Å². The molecule has 1 aliphatic heterocycles. The van der Waals surface area contributed by atoms with Gasteiger partial charge in [-0.2, -0.15) is 26.3 Å². The molecule has 0 spiro atoms. The van der Waals surface area contributed by atoms with E-state index in [-0.39, 0.29) is 27.1 Å². The predicted molar refractivity (Wildman–Crippen MR) is 115 cm³/mol. The number of hydrogen-bond acceptors (Lipinski definition) is 5. The second kappa shape index (κ2) is 9.55. The van der Waals surface area contributed by atoms with Crippen LogP contribution in [-0.4, -0.2) is 36.3 Å². The number of nitrogens with zero attached hydrogens (tertiary/aromatic N) is 1. The standard InChI is InChI=1S/C19H14Cl2F6N2O2S2/c1-9-2-14(33-16(9)32-7-15(30)28-8-18(22,23)24)13-6-17(31-29-13,19(25,26)27)10-3-11(20)5-12(21)4-10/h2-5H,6-8H2,1H3,(H,28,30). The minimum Gasteiger partial charge on any atom is -0.374 e. The van der Waals surface area contributed by atoms with Crippen LogP contribution in [0.4, 0.5) is 26.3 Å². The Balaban J connectivity index is 1.77. The van der Waals surface area contributed by atoms with Gasteiger partial charge in [-0.25, -0.2) is 0 Å². The minimum atomic E-state index is -4.84. The molecule has 1 N–H and O–H groups in total. The maximum Gasteiger partial charge on any atom is 0.435 e. The SMILES string of the molecule is Cc1cc(C2=NOC(c3cc(Cl)cc(Cl)c3)(C(F)(F)F)C2)sc1SCC(=O)NCC(F)(F)F. The van der Waals surface area contributed by atoms with E-state index in [4.69, 9.17) is 28.0 Å². The summed E-state index contributed by atoms with van der Waals surface area (Å²) in [7, 11) is 0. The summed E-state index contributed by atoms with van der Waals surface area (Å²) >= 11 is 13.8. The van der Waals surface area contributed by atoms with Crippen molar-refractivity contribution in [1.82, 2.24) is 5.32 Å². The third kappa shape index (κ3) is 6.09. The van der Waals surface area contributed by atoms with Gasteiger partial charge in [-0.05, 0) is 36.8 Å². The normalized spacial score (nSPS) is 18.8. The highest BCUT2D eigenvalue weighted by Crippen LogP contribution is 2.50. The van der Waals surface area contributed by atoms with Crippen molar-refractivity contribution in [3.05, 3.63) is 50.3 Å². The summed E-state index contributed by atoms with van der Waals surface area (Å²) in [6.45, 7) is 0.225. The Hall–Kier alpha value is -1.63. The number of carbonyl (C=O) groups excluding carboxylic acids is 1. The van der Waals surface area contributed by atoms with Gasteiger partial charge in [0, 0.05) is 15.6 Å². The second-order valence-electron chi connectivity index (χ2n) is 7.05. The first-order valence-electron chi connectivity index (χ1n) is 9.05. The van der Waals surface area contributed by atoms with Crippen LogP contribution in [0.1, 0.15) is 22.4 Å². The third-order valence-electron chi connectivity index (χ3n) is 4.49. The molecule has 1 amide bonds. The van der Waals surface area contributed by atoms with E-state index in [1.807, 2.05) is 0 Å². The lowest BCUT2D eigenvalue weighted by molar-refractivity contribution is -0.275. The quantitative estimate of drug-likeness (QED) is 0.321. The number of thioether (sulfide) groups is 1. The molecule has 1 aliphatic rings. The molecule has 1 atom stereocenters. The van der Waals surface area contributed by atoms with Crippen molar-refractivity contribution in [2.24, 2.45) is 5.16 Å². The summed E-state index contributed by atoms with van der Waals surface area (Å²) in [6, 6.07) is 5.10. The molecule has 1 aromatic heterocycles. The Morgan fingerprint density at radius 2 is 1.82 bits per heavy atom. The van der Waals surface area contributed by atoms with E-state index in [0.717, 1.165) is 35.2 Å². The molecule has 180 valence electrons. The van der Waals surface area contributed by atoms with Gasteiger partial charge in [0.05, 0.1) is 21.3 Å². The number of rotatable bonds is 6. The van der Waals surface area contributed by atoms with Crippen LogP contribution in [0.2, 0.25) is 10.0 Å². The van der Waals surface area contributed by atoms with Gasteiger partial charge in [0.15, 0.2) is 0 Å². The Morgan fingerprint density at radius 3 is 2.39 bits per heavy atom. The van der Waals surface area contributed by atoms with Gasteiger partial charge in [-0.15, -0.1) is 23.1 Å². The van der Waals surface area contributed by atoms with Gasteiger partial charge in [0.25, 0.3) is 5.60 Å². The van der Waals surface area contributed by atoms with Crippen LogP contribution in [0.3, 0.4) is 0 Å². The largest absolute Gasteiger partial charge is 0.435 e. The molecule has 2 heterocycles. The van der Waals surface area contributed by atoms with Crippen LogP contribution in [-0.2, 0) is 15.2 Å². The number of amides is 1. The molecule has 4 nitrogen and oxygen atoms in total. The van der Waals surface area contributed by atoms with Crippen molar-refractivity contribution in [3.63, 3.8) is 0 Å². The summed E-state index contributed by atoms with van der Waals surface area (Å²) in [6.07, 6.45) is -10.00. The molecular formula is C19H14Cl2F6N2O2S2. The first-order chi connectivity index (χ1) is 15.2. The molecule has 0 bridgehead atoms. The molecule has 1 unspecified atom stereocenters. The molecule has 0 aliphatic carbocycles. The van der Waals surface area contributed by atoms with Crippen molar-refractivity contribution in [1.29, 1.82) is 0 Å². The highest BCUT2D eigenvalue weighted by Gasteiger charge is 2.62. The zero-order valence-corrected chi connectivity index (χ0v) is 19.7. The highest BCUT2D eigenvalue weighted by molar-refractivity contribution is 8.01. The lowest BCUT2D eigenvalue weighted by Gasteiger charge is -2.29. The fourth-order valence-electron chi connectivity index (χ4n) is 2.95. The number of halogens is 8. The maximum absolute atomic E-state index is 14.1. The van der Waals surface area contributed by atoms with Crippen LogP contribution >= 0.6 is 46.3 Å². The maximum atomic E-state index is 14.1. The molecule has 0 saturated carbocycles. The van der Waals surface area contributed by atoms with Gasteiger partial charge in [0.1, 0.15) is 12.3 Å². The molecule has 0 fully saturated rings. The summed E-state index contributed by atoms with van der Waals surface area (Å²) in [5.74, 6) is -1.10. The number of aryl methyl sites for hydroxylation is 1. The fraction of sp³-hybridized carbons (Fsp3) is 0.368. The topological polar surface area (TPSA) is 50.7 Å². The van der Waals surface area contributed by atoms with Crippen molar-refractivity contribution in [2.45, 2.75) is 35.5 Å². The van der Waals surface area contributed by atoms with E-state index in [0.29, 0.717) is 14.6 Å². The van der Waals surface area contributed by atoms with Gasteiger partial charge in [-0.3, -0.25) is 4.79 Å². The predicted octanol–water partition coefficient (Wildman–Crippen LogP) is 6.72. The van der Waals surface area contributed by atoms with Gasteiger partial charge < -0.3 is 10.2 Å². The van der Waals surface area contributed by atoms with Gasteiger partial charge in [0.2, 0.25) is 5.91 Å².